The lowest BCUT2D eigenvalue weighted by Gasteiger charge is -2.16. The number of carbonyl (C=O) groups is 2. The van der Waals surface area contributed by atoms with Crippen LogP contribution in [0.3, 0.4) is 0 Å². The number of carboxylic acids is 1. The van der Waals surface area contributed by atoms with Crippen LogP contribution < -0.4 is 26.8 Å². The maximum Gasteiger partial charge on any atom is 0.326 e. The minimum atomic E-state index is -4.04. The van der Waals surface area contributed by atoms with Crippen LogP contribution in [0.25, 0.3) is 11.3 Å². The van der Waals surface area contributed by atoms with Gasteiger partial charge in [-0.2, -0.15) is 0 Å². The van der Waals surface area contributed by atoms with Crippen molar-refractivity contribution in [3.63, 3.8) is 0 Å². The molecule has 8 N–H and O–H groups in total. The summed E-state index contributed by atoms with van der Waals surface area (Å²) in [5.74, 6) is -1.90. The first-order chi connectivity index (χ1) is 16.6. The number of carbonyl (C=O) groups excluding carboxylic acids is 1. The van der Waals surface area contributed by atoms with Crippen molar-refractivity contribution in [2.24, 2.45) is 18.5 Å². The van der Waals surface area contributed by atoms with Crippen molar-refractivity contribution < 1.29 is 23.1 Å². The van der Waals surface area contributed by atoms with Crippen molar-refractivity contribution in [3.05, 3.63) is 53.1 Å². The monoisotopic (exact) mass is 521 g/mol. The third-order valence-electron chi connectivity index (χ3n) is 5.03. The van der Waals surface area contributed by atoms with Crippen molar-refractivity contribution in [3.8, 4) is 11.3 Å². The number of amides is 1. The summed E-state index contributed by atoms with van der Waals surface area (Å²) < 4.78 is 30.3. The van der Waals surface area contributed by atoms with Crippen LogP contribution in [0, 0.1) is 0 Å². The van der Waals surface area contributed by atoms with Crippen molar-refractivity contribution in [2.45, 2.75) is 30.1 Å². The Morgan fingerprint density at radius 2 is 2.03 bits per heavy atom. The summed E-state index contributed by atoms with van der Waals surface area (Å²) in [4.78, 5) is 28.5. The molecule has 1 aromatic carbocycles. The van der Waals surface area contributed by atoms with E-state index in [1.54, 1.807) is 41.7 Å². The predicted molar refractivity (Wildman–Crippen MR) is 132 cm³/mol. The summed E-state index contributed by atoms with van der Waals surface area (Å²) in [6.45, 7) is 0.374. The van der Waals surface area contributed by atoms with Crippen LogP contribution in [0.5, 0.6) is 0 Å². The first kappa shape index (κ1) is 26.3. The topological polar surface area (TPSA) is 194 Å². The largest absolute Gasteiger partial charge is 0.480 e. The smallest absolute Gasteiger partial charge is 0.326 e. The second-order valence-electron chi connectivity index (χ2n) is 7.67. The molecule has 0 saturated heterocycles. The van der Waals surface area contributed by atoms with Gasteiger partial charge >= 0.3 is 5.97 Å². The zero-order valence-electron chi connectivity index (χ0n) is 18.8. The van der Waals surface area contributed by atoms with Gasteiger partial charge in [0.05, 0.1) is 28.8 Å². The molecule has 3 aromatic rings. The van der Waals surface area contributed by atoms with Gasteiger partial charge in [0.1, 0.15) is 17.2 Å². The summed E-state index contributed by atoms with van der Waals surface area (Å²) in [5, 5.41) is 16.2. The highest BCUT2D eigenvalue weighted by Gasteiger charge is 2.25. The molecule has 14 heteroatoms. The SMILES string of the molecule is Cn1cncc1-c1cccc(S(=O)(=O)Nc2ccsc2C(=O)N[C@@H](CCCNC(N)N)C(=O)O)c1. The van der Waals surface area contributed by atoms with E-state index in [2.05, 4.69) is 20.3 Å². The zero-order chi connectivity index (χ0) is 25.6. The first-order valence-electron chi connectivity index (χ1n) is 10.5. The molecule has 0 aliphatic heterocycles. The molecule has 0 saturated carbocycles. The lowest BCUT2D eigenvalue weighted by molar-refractivity contribution is -0.139. The average molecular weight is 522 g/mol. The number of nitrogens with two attached hydrogens (primary N) is 2. The lowest BCUT2D eigenvalue weighted by Crippen LogP contribution is -2.46. The minimum Gasteiger partial charge on any atom is -0.480 e. The van der Waals surface area contributed by atoms with Crippen LogP contribution in [0.4, 0.5) is 5.69 Å². The van der Waals surface area contributed by atoms with E-state index in [4.69, 9.17) is 11.5 Å². The molecule has 35 heavy (non-hydrogen) atoms. The van der Waals surface area contributed by atoms with Crippen molar-refractivity contribution in [2.75, 3.05) is 11.3 Å². The molecule has 0 aliphatic rings. The van der Waals surface area contributed by atoms with Crippen molar-refractivity contribution in [1.29, 1.82) is 0 Å². The van der Waals surface area contributed by atoms with E-state index >= 15 is 0 Å². The second kappa shape index (κ2) is 11.4. The Morgan fingerprint density at radius 3 is 2.69 bits per heavy atom. The van der Waals surface area contributed by atoms with Gasteiger partial charge in [0.2, 0.25) is 0 Å². The molecule has 12 nitrogen and oxygen atoms in total. The van der Waals surface area contributed by atoms with Crippen LogP contribution >= 0.6 is 11.3 Å². The number of benzene rings is 1. The molecule has 1 atom stereocenters. The number of hydrogen-bond acceptors (Lipinski definition) is 9. The number of aliphatic carboxylic acids is 1. The van der Waals surface area contributed by atoms with Gasteiger partial charge < -0.3 is 26.5 Å². The molecule has 188 valence electrons. The van der Waals surface area contributed by atoms with E-state index in [9.17, 15) is 23.1 Å². The minimum absolute atomic E-state index is 0.00258. The van der Waals surface area contributed by atoms with E-state index in [1.165, 1.54) is 18.2 Å². The van der Waals surface area contributed by atoms with Crippen molar-refractivity contribution >= 4 is 38.9 Å². The molecule has 3 rings (SSSR count). The van der Waals surface area contributed by atoms with Crippen LogP contribution in [0.15, 0.2) is 53.1 Å². The van der Waals surface area contributed by atoms with Gasteiger partial charge in [-0.15, -0.1) is 11.3 Å². The molecule has 2 aromatic heterocycles. The van der Waals surface area contributed by atoms with E-state index in [-0.39, 0.29) is 21.9 Å². The number of rotatable bonds is 12. The second-order valence-corrected chi connectivity index (χ2v) is 10.3. The van der Waals surface area contributed by atoms with E-state index in [0.717, 1.165) is 17.0 Å². The van der Waals surface area contributed by atoms with Crippen molar-refractivity contribution in [1.82, 2.24) is 20.2 Å². The number of imidazole rings is 1. The van der Waals surface area contributed by atoms with Crippen LogP contribution in [0.2, 0.25) is 0 Å². The summed E-state index contributed by atoms with van der Waals surface area (Å²) >= 11 is 0.994. The number of nitrogens with zero attached hydrogens (tertiary/aromatic N) is 2. The van der Waals surface area contributed by atoms with Gasteiger partial charge in [-0.25, -0.2) is 18.2 Å². The van der Waals surface area contributed by atoms with Gasteiger partial charge in [0.25, 0.3) is 15.9 Å². The maximum absolute atomic E-state index is 13.1. The highest BCUT2D eigenvalue weighted by Crippen LogP contribution is 2.27. The number of thiophene rings is 1. The van der Waals surface area contributed by atoms with Crippen LogP contribution in [0.1, 0.15) is 22.5 Å². The fraction of sp³-hybridized carbons (Fsp3) is 0.286. The fourth-order valence-corrected chi connectivity index (χ4v) is 5.22. The Hall–Kier alpha value is -3.30. The van der Waals surface area contributed by atoms with E-state index < -0.39 is 34.2 Å². The normalized spacial score (nSPS) is 12.5. The lowest BCUT2D eigenvalue weighted by atomic mass is 10.1. The highest BCUT2D eigenvalue weighted by molar-refractivity contribution is 7.92. The summed E-state index contributed by atoms with van der Waals surface area (Å²) in [7, 11) is -2.24. The third kappa shape index (κ3) is 6.86. The summed E-state index contributed by atoms with van der Waals surface area (Å²) in [6.07, 6.45) is 3.05. The number of aromatic nitrogens is 2. The Morgan fingerprint density at radius 1 is 1.26 bits per heavy atom. The molecule has 0 aliphatic carbocycles. The Balaban J connectivity index is 1.73. The summed E-state index contributed by atoms with van der Waals surface area (Å²) in [6, 6.07) is 6.61. The number of anilines is 1. The number of carboxylic acid groups (broad SMARTS) is 1. The molecule has 2 heterocycles. The maximum atomic E-state index is 13.1. The van der Waals surface area contributed by atoms with Crippen LogP contribution in [-0.2, 0) is 21.9 Å². The van der Waals surface area contributed by atoms with Gasteiger partial charge in [-0.3, -0.25) is 14.8 Å². The number of aryl methyl sites for hydroxylation is 1. The highest BCUT2D eigenvalue weighted by atomic mass is 32.2. The molecule has 0 radical (unpaired) electrons. The number of sulfonamides is 1. The Labute approximate surface area is 206 Å². The van der Waals surface area contributed by atoms with Crippen LogP contribution in [-0.4, -0.2) is 53.8 Å². The molecule has 0 fully saturated rings. The first-order valence-corrected chi connectivity index (χ1v) is 12.9. The molecule has 0 bridgehead atoms. The molecular weight excluding hydrogens is 494 g/mol. The van der Waals surface area contributed by atoms with Gasteiger partial charge in [0.15, 0.2) is 0 Å². The quantitative estimate of drug-likeness (QED) is 0.147. The number of hydrogen-bond donors (Lipinski definition) is 6. The standard InChI is InChI=1S/C21H27N7O5S2/c1-28-12-24-11-17(28)13-4-2-5-14(10-13)35(32,33)27-15-7-9-34-18(15)19(29)26-16(20(30)31)6-3-8-25-21(22)23/h2,4-5,7,9-12,16,21,25,27H,3,6,8,22-23H2,1H3,(H,26,29)(H,30,31)/t16-/m0/s1. The third-order valence-corrected chi connectivity index (χ3v) is 7.30. The van der Waals surface area contributed by atoms with E-state index in [1.807, 2.05) is 0 Å². The predicted octanol–water partition coefficient (Wildman–Crippen LogP) is 0.703. The number of nitrogens with one attached hydrogen (secondary N) is 3. The Kier molecular flexibility index (Phi) is 8.58. The Bertz CT molecular complexity index is 1290. The molecule has 0 unspecified atom stereocenters. The van der Waals surface area contributed by atoms with E-state index in [0.29, 0.717) is 18.5 Å². The zero-order valence-corrected chi connectivity index (χ0v) is 20.5. The molecular formula is C21H27N7O5S2. The van der Waals surface area contributed by atoms with Gasteiger partial charge in [-0.05, 0) is 43.0 Å². The summed E-state index contributed by atoms with van der Waals surface area (Å²) in [5.41, 5.74) is 12.2. The fourth-order valence-electron chi connectivity index (χ4n) is 3.28. The molecule has 0 spiro atoms. The van der Waals surface area contributed by atoms with Gasteiger partial charge in [0, 0.05) is 12.6 Å². The van der Waals surface area contributed by atoms with Gasteiger partial charge in [-0.1, -0.05) is 12.1 Å². The average Bonchev–Trinajstić information content (AvgIpc) is 3.44. The molecule has 1 amide bonds.